The number of methoxy groups -OCH3 is 1. The topological polar surface area (TPSA) is 77.2 Å². The van der Waals surface area contributed by atoms with E-state index in [-0.39, 0.29) is 17.2 Å². The summed E-state index contributed by atoms with van der Waals surface area (Å²) in [6.45, 7) is 0.323. The zero-order chi connectivity index (χ0) is 14.7. The Morgan fingerprint density at radius 1 is 1.60 bits per heavy atom. The molecule has 0 radical (unpaired) electrons. The molecular formula is C12H11BrFN3O2S. The summed E-state index contributed by atoms with van der Waals surface area (Å²) in [6.07, 6.45) is 0. The molecule has 2 rings (SSSR count). The highest BCUT2D eigenvalue weighted by molar-refractivity contribution is 9.10. The number of rotatable bonds is 4. The van der Waals surface area contributed by atoms with E-state index in [9.17, 15) is 9.18 Å². The van der Waals surface area contributed by atoms with Gasteiger partial charge in [-0.25, -0.2) is 9.18 Å². The molecule has 0 atom stereocenters. The molecule has 0 fully saturated rings. The lowest BCUT2D eigenvalue weighted by Gasteiger charge is -2.08. The maximum atomic E-state index is 13.2. The maximum Gasteiger partial charge on any atom is 0.344 e. The van der Waals surface area contributed by atoms with Crippen LogP contribution < -0.4 is 11.1 Å². The number of halogens is 2. The lowest BCUT2D eigenvalue weighted by molar-refractivity contribution is 0.0603. The van der Waals surface area contributed by atoms with E-state index in [1.165, 1.54) is 19.2 Å². The van der Waals surface area contributed by atoms with Gasteiger partial charge in [-0.2, -0.15) is 4.37 Å². The van der Waals surface area contributed by atoms with Crippen LogP contribution in [-0.2, 0) is 11.3 Å². The number of nitrogens with two attached hydrogens (primary N) is 1. The van der Waals surface area contributed by atoms with Crippen LogP contribution in [0.3, 0.4) is 0 Å². The smallest absolute Gasteiger partial charge is 0.344 e. The third-order valence-corrected chi connectivity index (χ3v) is 4.15. The van der Waals surface area contributed by atoms with Crippen LogP contribution in [0.2, 0.25) is 0 Å². The Bertz CT molecular complexity index is 648. The summed E-state index contributed by atoms with van der Waals surface area (Å²) in [5, 5.41) is 3.50. The van der Waals surface area contributed by atoms with Gasteiger partial charge in [-0.05, 0) is 35.3 Å². The molecule has 20 heavy (non-hydrogen) atoms. The number of ether oxygens (including phenoxy) is 1. The third-order valence-electron chi connectivity index (χ3n) is 2.56. The molecule has 0 spiro atoms. The van der Waals surface area contributed by atoms with Gasteiger partial charge in [0.1, 0.15) is 16.4 Å². The molecule has 5 nitrogen and oxygen atoms in total. The van der Waals surface area contributed by atoms with Crippen molar-refractivity contribution in [2.45, 2.75) is 6.54 Å². The molecule has 8 heteroatoms. The first kappa shape index (κ1) is 14.7. The fourth-order valence-corrected chi connectivity index (χ4v) is 2.66. The normalized spacial score (nSPS) is 10.3. The first-order valence-electron chi connectivity index (χ1n) is 5.54. The minimum atomic E-state index is -0.558. The van der Waals surface area contributed by atoms with Crippen LogP contribution >= 0.6 is 27.5 Å². The number of esters is 1. The van der Waals surface area contributed by atoms with Crippen LogP contribution in [-0.4, -0.2) is 17.5 Å². The van der Waals surface area contributed by atoms with Crippen LogP contribution in [0.4, 0.5) is 15.2 Å². The van der Waals surface area contributed by atoms with Gasteiger partial charge in [-0.3, -0.25) is 0 Å². The van der Waals surface area contributed by atoms with E-state index in [0.717, 1.165) is 16.0 Å². The Morgan fingerprint density at radius 2 is 2.35 bits per heavy atom. The van der Waals surface area contributed by atoms with Crippen molar-refractivity contribution >= 4 is 44.3 Å². The van der Waals surface area contributed by atoms with Gasteiger partial charge in [0, 0.05) is 11.0 Å². The number of nitrogen functional groups attached to an aromatic ring is 1. The number of carbonyl (C=O) groups excluding carboxylic acids is 1. The van der Waals surface area contributed by atoms with Gasteiger partial charge in [-0.1, -0.05) is 15.9 Å². The first-order valence-corrected chi connectivity index (χ1v) is 7.10. The summed E-state index contributed by atoms with van der Waals surface area (Å²) in [5.41, 5.74) is 6.54. The maximum absolute atomic E-state index is 13.2. The Morgan fingerprint density at radius 3 is 3.05 bits per heavy atom. The molecule has 3 N–H and O–H groups in total. The minimum absolute atomic E-state index is 0.114. The van der Waals surface area contributed by atoms with Gasteiger partial charge in [0.05, 0.1) is 7.11 Å². The minimum Gasteiger partial charge on any atom is -0.465 e. The monoisotopic (exact) mass is 359 g/mol. The van der Waals surface area contributed by atoms with Crippen molar-refractivity contribution in [1.29, 1.82) is 0 Å². The van der Waals surface area contributed by atoms with Crippen molar-refractivity contribution in [1.82, 2.24) is 4.37 Å². The summed E-state index contributed by atoms with van der Waals surface area (Å²) in [4.78, 5) is 11.6. The second kappa shape index (κ2) is 6.19. The van der Waals surface area contributed by atoms with Crippen molar-refractivity contribution in [3.05, 3.63) is 39.6 Å². The van der Waals surface area contributed by atoms with E-state index in [2.05, 4.69) is 30.4 Å². The van der Waals surface area contributed by atoms with Crippen molar-refractivity contribution in [2.75, 3.05) is 18.2 Å². The summed E-state index contributed by atoms with van der Waals surface area (Å²) in [6, 6.07) is 4.38. The average molecular weight is 360 g/mol. The average Bonchev–Trinajstić information content (AvgIpc) is 2.80. The zero-order valence-electron chi connectivity index (χ0n) is 10.4. The Hall–Kier alpha value is -1.67. The Balaban J connectivity index is 2.19. The molecule has 0 aliphatic heterocycles. The lowest BCUT2D eigenvalue weighted by Crippen LogP contribution is -2.08. The molecule has 106 valence electrons. The van der Waals surface area contributed by atoms with E-state index in [4.69, 9.17) is 5.73 Å². The summed E-state index contributed by atoms with van der Waals surface area (Å²) < 4.78 is 22.5. The molecule has 1 heterocycles. The number of hydrogen-bond donors (Lipinski definition) is 2. The highest BCUT2D eigenvalue weighted by atomic mass is 79.9. The standard InChI is InChI=1S/C12H11BrFN3O2S/c1-19-12(18)9-10(15)17-20-11(9)16-5-6-4-7(14)2-3-8(6)13/h2-4,16H,5H2,1H3,(H2,15,17). The fraction of sp³-hybridized carbons (Fsp3) is 0.167. The zero-order valence-corrected chi connectivity index (χ0v) is 12.8. The predicted octanol–water partition coefficient (Wildman–Crippen LogP) is 3.03. The molecule has 0 saturated heterocycles. The van der Waals surface area contributed by atoms with Gasteiger partial charge in [-0.15, -0.1) is 0 Å². The molecule has 0 aliphatic carbocycles. The van der Waals surface area contributed by atoms with Crippen molar-refractivity contribution in [2.24, 2.45) is 0 Å². The molecule has 0 aliphatic rings. The van der Waals surface area contributed by atoms with Gasteiger partial charge in [0.2, 0.25) is 0 Å². The second-order valence-electron chi connectivity index (χ2n) is 3.85. The number of aromatic nitrogens is 1. The van der Waals surface area contributed by atoms with E-state index >= 15 is 0 Å². The van der Waals surface area contributed by atoms with Gasteiger partial charge < -0.3 is 15.8 Å². The van der Waals surface area contributed by atoms with Crippen LogP contribution in [0.15, 0.2) is 22.7 Å². The lowest BCUT2D eigenvalue weighted by atomic mass is 10.2. The molecule has 0 bridgehead atoms. The number of benzene rings is 1. The summed E-state index contributed by atoms with van der Waals surface area (Å²) >= 11 is 4.39. The number of nitrogens with one attached hydrogen (secondary N) is 1. The van der Waals surface area contributed by atoms with E-state index in [1.807, 2.05) is 0 Å². The van der Waals surface area contributed by atoms with E-state index < -0.39 is 5.97 Å². The fourth-order valence-electron chi connectivity index (χ4n) is 1.58. The second-order valence-corrected chi connectivity index (χ2v) is 5.48. The van der Waals surface area contributed by atoms with Crippen LogP contribution in [0, 0.1) is 5.82 Å². The van der Waals surface area contributed by atoms with Crippen molar-refractivity contribution < 1.29 is 13.9 Å². The van der Waals surface area contributed by atoms with Gasteiger partial charge in [0.15, 0.2) is 5.82 Å². The molecular weight excluding hydrogens is 349 g/mol. The molecule has 1 aromatic heterocycles. The molecule has 2 aromatic rings. The van der Waals surface area contributed by atoms with Crippen molar-refractivity contribution in [3.63, 3.8) is 0 Å². The molecule has 0 amide bonds. The quantitative estimate of drug-likeness (QED) is 0.820. The highest BCUT2D eigenvalue weighted by Gasteiger charge is 2.19. The Labute approximate surface area is 127 Å². The largest absolute Gasteiger partial charge is 0.465 e. The third kappa shape index (κ3) is 3.07. The number of carbonyl (C=O) groups is 1. The van der Waals surface area contributed by atoms with Crippen LogP contribution in [0.25, 0.3) is 0 Å². The Kier molecular flexibility index (Phi) is 4.56. The summed E-state index contributed by atoms with van der Waals surface area (Å²) in [5.74, 6) is -0.776. The predicted molar refractivity (Wildman–Crippen MR) is 79.3 cm³/mol. The van der Waals surface area contributed by atoms with Crippen LogP contribution in [0.5, 0.6) is 0 Å². The number of hydrogen-bond acceptors (Lipinski definition) is 6. The van der Waals surface area contributed by atoms with E-state index in [0.29, 0.717) is 17.1 Å². The van der Waals surface area contributed by atoms with Gasteiger partial charge in [0.25, 0.3) is 0 Å². The molecule has 1 aromatic carbocycles. The number of anilines is 2. The molecule has 0 unspecified atom stereocenters. The highest BCUT2D eigenvalue weighted by Crippen LogP contribution is 2.28. The number of nitrogens with zero attached hydrogens (tertiary/aromatic N) is 1. The van der Waals surface area contributed by atoms with Crippen molar-refractivity contribution in [3.8, 4) is 0 Å². The van der Waals surface area contributed by atoms with Gasteiger partial charge >= 0.3 is 5.97 Å². The SMILES string of the molecule is COC(=O)c1c(N)nsc1NCc1cc(F)ccc1Br. The van der Waals surface area contributed by atoms with Crippen LogP contribution in [0.1, 0.15) is 15.9 Å². The summed E-state index contributed by atoms with van der Waals surface area (Å²) in [7, 11) is 1.27. The van der Waals surface area contributed by atoms with E-state index in [1.54, 1.807) is 6.07 Å². The molecule has 0 saturated carbocycles. The first-order chi connectivity index (χ1) is 9.52.